The number of nitrogens with zero attached hydrogens (tertiary/aromatic N) is 1. The number of methoxy groups -OCH3 is 1. The smallest absolute Gasteiger partial charge is 0.262 e. The highest BCUT2D eigenvalue weighted by molar-refractivity contribution is 6.30. The van der Waals surface area contributed by atoms with Gasteiger partial charge < -0.3 is 14.8 Å². The van der Waals surface area contributed by atoms with Crippen LogP contribution in [0.4, 0.5) is 11.4 Å². The van der Waals surface area contributed by atoms with E-state index in [4.69, 9.17) is 21.1 Å². The normalized spacial score (nSPS) is 10.8. The number of ether oxygens (including phenoxy) is 2. The molecule has 3 rings (SSSR count). The lowest BCUT2D eigenvalue weighted by Crippen LogP contribution is -2.20. The van der Waals surface area contributed by atoms with Crippen LogP contribution in [0.3, 0.4) is 0 Å². The third-order valence-corrected chi connectivity index (χ3v) is 4.75. The van der Waals surface area contributed by atoms with Gasteiger partial charge in [-0.15, -0.1) is 0 Å². The van der Waals surface area contributed by atoms with E-state index in [1.807, 2.05) is 50.2 Å². The Labute approximate surface area is 181 Å². The number of nitrogens with one attached hydrogen (secondary N) is 1. The van der Waals surface area contributed by atoms with Crippen LogP contribution in [0.25, 0.3) is 0 Å². The molecule has 0 heterocycles. The summed E-state index contributed by atoms with van der Waals surface area (Å²) >= 11 is 6.04. The molecule has 0 aliphatic heterocycles. The molecule has 3 aromatic carbocycles. The summed E-state index contributed by atoms with van der Waals surface area (Å²) in [4.78, 5) is 16.6. The van der Waals surface area contributed by atoms with E-state index in [2.05, 4.69) is 10.3 Å². The summed E-state index contributed by atoms with van der Waals surface area (Å²) in [7, 11) is 1.58. The van der Waals surface area contributed by atoms with Crippen molar-refractivity contribution in [1.82, 2.24) is 0 Å². The third-order valence-electron chi connectivity index (χ3n) is 4.51. The lowest BCUT2D eigenvalue weighted by molar-refractivity contribution is -0.118. The molecule has 0 bridgehead atoms. The van der Waals surface area contributed by atoms with Crippen molar-refractivity contribution in [3.05, 3.63) is 82.4 Å². The second kappa shape index (κ2) is 9.94. The lowest BCUT2D eigenvalue weighted by atomic mass is 10.1. The molecule has 154 valence electrons. The Morgan fingerprint density at radius 3 is 2.67 bits per heavy atom. The summed E-state index contributed by atoms with van der Waals surface area (Å²) in [5.74, 6) is 0.985. The first-order chi connectivity index (χ1) is 14.4. The molecular formula is C24H23ClN2O3. The highest BCUT2D eigenvalue weighted by Crippen LogP contribution is 2.30. The van der Waals surface area contributed by atoms with E-state index in [1.165, 1.54) is 5.56 Å². The molecule has 0 atom stereocenters. The van der Waals surface area contributed by atoms with Crippen LogP contribution in [-0.4, -0.2) is 25.8 Å². The molecule has 1 N–H and O–H groups in total. The van der Waals surface area contributed by atoms with Gasteiger partial charge in [-0.3, -0.25) is 9.79 Å². The number of carbonyl (C=O) groups is 1. The van der Waals surface area contributed by atoms with Crippen LogP contribution in [-0.2, 0) is 4.79 Å². The van der Waals surface area contributed by atoms with Crippen molar-refractivity contribution in [2.24, 2.45) is 4.99 Å². The fourth-order valence-electron chi connectivity index (χ4n) is 2.76. The number of anilines is 1. The van der Waals surface area contributed by atoms with Crippen LogP contribution in [0.1, 0.15) is 16.7 Å². The Balaban J connectivity index is 1.62. The van der Waals surface area contributed by atoms with Crippen LogP contribution in [0.2, 0.25) is 5.02 Å². The SMILES string of the molecule is COc1ccc(Cl)cc1N=Cc1cccc(OCC(=O)Nc2ccc(C)c(C)c2)c1. The number of benzene rings is 3. The number of amides is 1. The quantitative estimate of drug-likeness (QED) is 0.494. The van der Waals surface area contributed by atoms with Crippen LogP contribution in [0.5, 0.6) is 11.5 Å². The maximum atomic E-state index is 12.2. The van der Waals surface area contributed by atoms with Crippen molar-refractivity contribution in [2.75, 3.05) is 19.0 Å². The van der Waals surface area contributed by atoms with Crippen molar-refractivity contribution in [3.8, 4) is 11.5 Å². The summed E-state index contributed by atoms with van der Waals surface area (Å²) in [5, 5.41) is 3.42. The number of hydrogen-bond acceptors (Lipinski definition) is 4. The van der Waals surface area contributed by atoms with Gasteiger partial charge in [-0.1, -0.05) is 29.8 Å². The molecule has 6 heteroatoms. The number of aliphatic imine (C=N–C) groups is 1. The average Bonchev–Trinajstić information content (AvgIpc) is 2.74. The second-order valence-electron chi connectivity index (χ2n) is 6.78. The molecule has 1 amide bonds. The molecule has 0 saturated heterocycles. The van der Waals surface area contributed by atoms with E-state index in [-0.39, 0.29) is 12.5 Å². The Morgan fingerprint density at radius 2 is 1.90 bits per heavy atom. The van der Waals surface area contributed by atoms with E-state index in [9.17, 15) is 4.79 Å². The second-order valence-corrected chi connectivity index (χ2v) is 7.22. The summed E-state index contributed by atoms with van der Waals surface area (Å²) in [6.07, 6.45) is 1.69. The van der Waals surface area contributed by atoms with Gasteiger partial charge in [0, 0.05) is 16.9 Å². The van der Waals surface area contributed by atoms with E-state index >= 15 is 0 Å². The number of carbonyl (C=O) groups excluding carboxylic acids is 1. The topological polar surface area (TPSA) is 59.9 Å². The molecule has 0 unspecified atom stereocenters. The Hall–Kier alpha value is -3.31. The summed E-state index contributed by atoms with van der Waals surface area (Å²) in [6, 6.07) is 18.4. The lowest BCUT2D eigenvalue weighted by Gasteiger charge is -2.09. The van der Waals surface area contributed by atoms with Crippen molar-refractivity contribution in [1.29, 1.82) is 0 Å². The van der Waals surface area contributed by atoms with Gasteiger partial charge in [-0.05, 0) is 73.0 Å². The number of aryl methyl sites for hydroxylation is 2. The van der Waals surface area contributed by atoms with Crippen LogP contribution in [0, 0.1) is 13.8 Å². The summed E-state index contributed by atoms with van der Waals surface area (Å²) < 4.78 is 10.9. The number of halogens is 1. The molecule has 0 saturated carbocycles. The summed E-state index contributed by atoms with van der Waals surface area (Å²) in [6.45, 7) is 3.95. The minimum absolute atomic E-state index is 0.0877. The first kappa shape index (κ1) is 21.4. The van der Waals surface area contributed by atoms with Crippen LogP contribution < -0.4 is 14.8 Å². The number of hydrogen-bond donors (Lipinski definition) is 1. The highest BCUT2D eigenvalue weighted by atomic mass is 35.5. The highest BCUT2D eigenvalue weighted by Gasteiger charge is 2.06. The standard InChI is InChI=1S/C24H23ClN2O3/c1-16-7-9-20(11-17(16)2)27-24(28)15-30-21-6-4-5-18(12-21)14-26-22-13-19(25)8-10-23(22)29-3/h4-14H,15H2,1-3H3,(H,27,28). The van der Waals surface area contributed by atoms with Crippen molar-refractivity contribution in [3.63, 3.8) is 0 Å². The van der Waals surface area contributed by atoms with Gasteiger partial charge in [0.25, 0.3) is 5.91 Å². The van der Waals surface area contributed by atoms with Crippen molar-refractivity contribution < 1.29 is 14.3 Å². The van der Waals surface area contributed by atoms with Gasteiger partial charge in [0.15, 0.2) is 6.61 Å². The van der Waals surface area contributed by atoms with Gasteiger partial charge in [0.1, 0.15) is 17.2 Å². The molecule has 0 aliphatic rings. The zero-order valence-corrected chi connectivity index (χ0v) is 17.9. The fourth-order valence-corrected chi connectivity index (χ4v) is 2.92. The molecule has 0 radical (unpaired) electrons. The molecule has 0 aromatic heterocycles. The van der Waals surface area contributed by atoms with Gasteiger partial charge in [-0.25, -0.2) is 0 Å². The van der Waals surface area contributed by atoms with Gasteiger partial charge in [0.05, 0.1) is 7.11 Å². The Kier molecular flexibility index (Phi) is 7.09. The molecule has 0 aliphatic carbocycles. The summed E-state index contributed by atoms with van der Waals surface area (Å²) in [5.41, 5.74) is 4.51. The molecule has 3 aromatic rings. The van der Waals surface area contributed by atoms with Crippen LogP contribution in [0.15, 0.2) is 65.7 Å². The maximum absolute atomic E-state index is 12.2. The Morgan fingerprint density at radius 1 is 1.07 bits per heavy atom. The monoisotopic (exact) mass is 422 g/mol. The van der Waals surface area contributed by atoms with E-state index in [0.29, 0.717) is 22.2 Å². The van der Waals surface area contributed by atoms with Gasteiger partial charge in [-0.2, -0.15) is 0 Å². The molecule has 0 spiro atoms. The zero-order chi connectivity index (χ0) is 21.5. The first-order valence-electron chi connectivity index (χ1n) is 9.42. The third kappa shape index (κ3) is 5.84. The van der Waals surface area contributed by atoms with Crippen molar-refractivity contribution in [2.45, 2.75) is 13.8 Å². The minimum Gasteiger partial charge on any atom is -0.494 e. The molecular weight excluding hydrogens is 400 g/mol. The molecule has 5 nitrogen and oxygen atoms in total. The Bertz CT molecular complexity index is 1080. The predicted octanol–water partition coefficient (Wildman–Crippen LogP) is 5.73. The minimum atomic E-state index is -0.221. The molecule has 30 heavy (non-hydrogen) atoms. The predicted molar refractivity (Wildman–Crippen MR) is 122 cm³/mol. The van der Waals surface area contributed by atoms with E-state index in [0.717, 1.165) is 16.8 Å². The maximum Gasteiger partial charge on any atom is 0.262 e. The first-order valence-corrected chi connectivity index (χ1v) is 9.80. The molecule has 0 fully saturated rings. The van der Waals surface area contributed by atoms with Crippen molar-refractivity contribution >= 4 is 35.1 Å². The van der Waals surface area contributed by atoms with Gasteiger partial charge >= 0.3 is 0 Å². The van der Waals surface area contributed by atoms with Crippen LogP contribution >= 0.6 is 11.6 Å². The van der Waals surface area contributed by atoms with E-state index in [1.54, 1.807) is 37.6 Å². The van der Waals surface area contributed by atoms with Gasteiger partial charge in [0.2, 0.25) is 0 Å². The van der Waals surface area contributed by atoms with E-state index < -0.39 is 0 Å². The zero-order valence-electron chi connectivity index (χ0n) is 17.1. The fraction of sp³-hybridized carbons (Fsp3) is 0.167. The number of rotatable bonds is 7. The largest absolute Gasteiger partial charge is 0.494 e. The average molecular weight is 423 g/mol.